The van der Waals surface area contributed by atoms with Crippen molar-refractivity contribution in [2.45, 2.75) is 58.4 Å². The van der Waals surface area contributed by atoms with E-state index in [-0.39, 0.29) is 11.6 Å². The van der Waals surface area contributed by atoms with Gasteiger partial charge in [0.1, 0.15) is 16.8 Å². The number of carbonyl (C=O) groups excluding carboxylic acids is 1. The summed E-state index contributed by atoms with van der Waals surface area (Å²) in [4.78, 5) is 20.9. The Kier molecular flexibility index (Phi) is 10.3. The molecule has 1 heterocycles. The highest BCUT2D eigenvalue weighted by Gasteiger charge is 2.18. The van der Waals surface area contributed by atoms with Crippen molar-refractivity contribution in [2.75, 3.05) is 24.7 Å². The topological polar surface area (TPSA) is 102 Å². The van der Waals surface area contributed by atoms with Crippen molar-refractivity contribution < 1.29 is 9.53 Å². The van der Waals surface area contributed by atoms with E-state index in [1.165, 1.54) is 20.0 Å². The Morgan fingerprint density at radius 3 is 2.50 bits per heavy atom. The van der Waals surface area contributed by atoms with Gasteiger partial charge in [0.25, 0.3) is 0 Å². The van der Waals surface area contributed by atoms with E-state index in [1.807, 2.05) is 38.1 Å². The van der Waals surface area contributed by atoms with Crippen LogP contribution in [0.25, 0.3) is 0 Å². The molecule has 0 radical (unpaired) electrons. The maximum absolute atomic E-state index is 11.9. The maximum atomic E-state index is 11.9. The molecule has 8 heteroatoms. The van der Waals surface area contributed by atoms with Gasteiger partial charge >= 0.3 is 5.97 Å². The number of ether oxygens (including phenoxy) is 1. The lowest BCUT2D eigenvalue weighted by Gasteiger charge is -2.18. The van der Waals surface area contributed by atoms with Crippen LogP contribution in [0.5, 0.6) is 0 Å². The molecular formula is C24H34ClN5O2. The molecule has 0 unspecified atom stereocenters. The first-order chi connectivity index (χ1) is 15.4. The highest BCUT2D eigenvalue weighted by Crippen LogP contribution is 2.24. The fourth-order valence-corrected chi connectivity index (χ4v) is 3.77. The summed E-state index contributed by atoms with van der Waals surface area (Å²) in [6.07, 6.45) is 5.31. The number of nitrogen functional groups attached to an aromatic ring is 1. The lowest BCUT2D eigenvalue weighted by Crippen LogP contribution is -2.28. The van der Waals surface area contributed by atoms with Gasteiger partial charge in [-0.1, -0.05) is 57.0 Å². The van der Waals surface area contributed by atoms with Crippen LogP contribution < -0.4 is 16.4 Å². The first-order valence-corrected chi connectivity index (χ1v) is 11.5. The summed E-state index contributed by atoms with van der Waals surface area (Å²) in [5.74, 6) is 0.660. The summed E-state index contributed by atoms with van der Waals surface area (Å²) in [5, 5.41) is 6.96. The molecule has 4 N–H and O–H groups in total. The minimum absolute atomic E-state index is 0.0116. The van der Waals surface area contributed by atoms with Crippen LogP contribution in [0.1, 0.15) is 56.5 Å². The Morgan fingerprint density at radius 2 is 1.88 bits per heavy atom. The van der Waals surface area contributed by atoms with Crippen molar-refractivity contribution in [3.8, 4) is 0 Å². The number of carbonyl (C=O) groups is 1. The van der Waals surface area contributed by atoms with Crippen molar-refractivity contribution in [3.63, 3.8) is 0 Å². The van der Waals surface area contributed by atoms with E-state index >= 15 is 0 Å². The van der Waals surface area contributed by atoms with Gasteiger partial charge in [-0.15, -0.1) is 0 Å². The predicted octanol–water partition coefficient (Wildman–Crippen LogP) is 4.50. The Labute approximate surface area is 195 Å². The standard InChI is InChI=1S/C22H28ClN5O2.C2H6/c1-14(26-17-5-3-4-6-17)13-25-22-18(12-20(29)30-2)21(23)27-19(28-22)11-15-7-9-16(24)10-8-15;1-2/h7-10,17,26H,1,3-6,11-13,24H2,2H3,(H,25,27,28);1-2H3. The van der Waals surface area contributed by atoms with Gasteiger partial charge in [0.15, 0.2) is 0 Å². The normalized spacial score (nSPS) is 13.1. The highest BCUT2D eigenvalue weighted by atomic mass is 35.5. The van der Waals surface area contributed by atoms with Crippen molar-refractivity contribution in [2.24, 2.45) is 0 Å². The molecule has 2 aromatic rings. The number of aromatic nitrogens is 2. The number of rotatable bonds is 9. The van der Waals surface area contributed by atoms with E-state index in [2.05, 4.69) is 27.2 Å². The summed E-state index contributed by atoms with van der Waals surface area (Å²) >= 11 is 6.42. The second-order valence-electron chi connectivity index (χ2n) is 7.51. The molecule has 0 atom stereocenters. The average Bonchev–Trinajstić information content (AvgIpc) is 3.30. The molecule has 32 heavy (non-hydrogen) atoms. The van der Waals surface area contributed by atoms with Crippen LogP contribution in [0, 0.1) is 0 Å². The first-order valence-electron chi connectivity index (χ1n) is 11.1. The number of anilines is 2. The van der Waals surface area contributed by atoms with Crippen molar-refractivity contribution >= 4 is 29.1 Å². The number of hydrogen-bond acceptors (Lipinski definition) is 7. The second-order valence-corrected chi connectivity index (χ2v) is 7.87. The SMILES string of the molecule is C=C(CNc1nc(Cc2ccc(N)cc2)nc(Cl)c1CC(=O)OC)NC1CCCC1.CC. The molecule has 174 valence electrons. The van der Waals surface area contributed by atoms with E-state index < -0.39 is 5.97 Å². The quantitative estimate of drug-likeness (QED) is 0.288. The largest absolute Gasteiger partial charge is 0.469 e. The Balaban J connectivity index is 0.00000176. The zero-order valence-corrected chi connectivity index (χ0v) is 20.0. The minimum Gasteiger partial charge on any atom is -0.469 e. The van der Waals surface area contributed by atoms with Crippen LogP contribution in [0.2, 0.25) is 5.15 Å². The summed E-state index contributed by atoms with van der Waals surface area (Å²) in [5.41, 5.74) is 8.85. The zero-order chi connectivity index (χ0) is 23.5. The molecule has 1 aromatic heterocycles. The Hall–Kier alpha value is -2.80. The summed E-state index contributed by atoms with van der Waals surface area (Å²) in [7, 11) is 1.34. The molecule has 1 fully saturated rings. The molecule has 0 bridgehead atoms. The van der Waals surface area contributed by atoms with Gasteiger partial charge in [-0.2, -0.15) is 0 Å². The number of nitrogens with two attached hydrogens (primary N) is 1. The number of benzene rings is 1. The molecule has 0 amide bonds. The lowest BCUT2D eigenvalue weighted by atomic mass is 10.1. The van der Waals surface area contributed by atoms with E-state index in [9.17, 15) is 4.79 Å². The Morgan fingerprint density at radius 1 is 1.22 bits per heavy atom. The molecule has 0 spiro atoms. The van der Waals surface area contributed by atoms with Crippen LogP contribution >= 0.6 is 11.6 Å². The molecule has 1 aromatic carbocycles. The third-order valence-electron chi connectivity index (χ3n) is 5.13. The van der Waals surface area contributed by atoms with Crippen molar-refractivity contribution in [1.82, 2.24) is 15.3 Å². The van der Waals surface area contributed by atoms with Crippen LogP contribution in [0.3, 0.4) is 0 Å². The van der Waals surface area contributed by atoms with Gasteiger partial charge in [0, 0.05) is 29.4 Å². The van der Waals surface area contributed by atoms with Gasteiger partial charge in [-0.25, -0.2) is 9.97 Å². The predicted molar refractivity (Wildman–Crippen MR) is 131 cm³/mol. The average molecular weight is 460 g/mol. The number of methoxy groups -OCH3 is 1. The molecule has 1 aliphatic rings. The summed E-state index contributed by atoms with van der Waals surface area (Å²) < 4.78 is 4.79. The lowest BCUT2D eigenvalue weighted by molar-refractivity contribution is -0.139. The molecule has 7 nitrogen and oxygen atoms in total. The van der Waals surface area contributed by atoms with Crippen LogP contribution in [-0.4, -0.2) is 35.6 Å². The van der Waals surface area contributed by atoms with Gasteiger partial charge in [0.05, 0.1) is 20.1 Å². The highest BCUT2D eigenvalue weighted by molar-refractivity contribution is 6.30. The van der Waals surface area contributed by atoms with E-state index in [4.69, 9.17) is 22.1 Å². The molecule has 0 aliphatic heterocycles. The molecule has 1 saturated carbocycles. The fourth-order valence-electron chi connectivity index (χ4n) is 3.52. The maximum Gasteiger partial charge on any atom is 0.310 e. The van der Waals surface area contributed by atoms with E-state index in [1.54, 1.807) is 0 Å². The van der Waals surface area contributed by atoms with Gasteiger partial charge in [-0.3, -0.25) is 4.79 Å². The van der Waals surface area contributed by atoms with Gasteiger partial charge < -0.3 is 21.1 Å². The molecule has 1 aliphatic carbocycles. The van der Waals surface area contributed by atoms with Gasteiger partial charge in [-0.05, 0) is 30.5 Å². The van der Waals surface area contributed by atoms with Crippen LogP contribution in [0.4, 0.5) is 11.5 Å². The first kappa shape index (κ1) is 25.5. The molecule has 3 rings (SSSR count). The summed E-state index contributed by atoms with van der Waals surface area (Å²) in [6.45, 7) is 8.58. The third kappa shape index (κ3) is 7.71. The van der Waals surface area contributed by atoms with Crippen molar-refractivity contribution in [1.29, 1.82) is 0 Å². The molecular weight excluding hydrogens is 426 g/mol. The van der Waals surface area contributed by atoms with Crippen LogP contribution in [-0.2, 0) is 22.4 Å². The number of esters is 1. The number of halogens is 1. The smallest absolute Gasteiger partial charge is 0.310 e. The second kappa shape index (κ2) is 12.9. The minimum atomic E-state index is -0.405. The van der Waals surface area contributed by atoms with Crippen LogP contribution in [0.15, 0.2) is 36.5 Å². The number of nitrogens with one attached hydrogen (secondary N) is 2. The molecule has 0 saturated heterocycles. The van der Waals surface area contributed by atoms with E-state index in [0.717, 1.165) is 24.1 Å². The fraction of sp³-hybridized carbons (Fsp3) is 0.458. The number of nitrogens with zero attached hydrogens (tertiary/aromatic N) is 2. The Bertz CT molecular complexity index is 896. The van der Waals surface area contributed by atoms with E-state index in [0.29, 0.717) is 41.9 Å². The van der Waals surface area contributed by atoms with Gasteiger partial charge in [0.2, 0.25) is 0 Å². The monoisotopic (exact) mass is 459 g/mol. The summed E-state index contributed by atoms with van der Waals surface area (Å²) in [6, 6.07) is 8.00. The number of hydrogen-bond donors (Lipinski definition) is 3. The third-order valence-corrected chi connectivity index (χ3v) is 5.44. The zero-order valence-electron chi connectivity index (χ0n) is 19.2. The van der Waals surface area contributed by atoms with Crippen molar-refractivity contribution in [3.05, 3.63) is 58.6 Å².